The minimum Gasteiger partial charge on any atom is -0.374 e. The molecular weight excluding hydrogens is 206 g/mol. The second-order valence-electron chi connectivity index (χ2n) is 2.23. The van der Waals surface area contributed by atoms with Crippen LogP contribution in [-0.4, -0.2) is 10.4 Å². The molecule has 0 saturated heterocycles. The summed E-state index contributed by atoms with van der Waals surface area (Å²) in [5.74, 6) is 0. The van der Waals surface area contributed by atoms with Crippen LogP contribution in [0.2, 0.25) is 0 Å². The van der Waals surface area contributed by atoms with E-state index in [-0.39, 0.29) is 10.4 Å². The number of rotatable bonds is 1. The lowest BCUT2D eigenvalue weighted by Gasteiger charge is -2.01. The number of nitrogens with one attached hydrogen (secondary N) is 1. The molecule has 68 valence electrons. The van der Waals surface area contributed by atoms with E-state index in [1.165, 1.54) is 0 Å². The van der Waals surface area contributed by atoms with Gasteiger partial charge in [-0.1, -0.05) is 18.2 Å². The molecule has 0 unspecified atom stereocenters. The van der Waals surface area contributed by atoms with Crippen molar-refractivity contribution >= 4 is 39.9 Å². The number of halogens is 1. The van der Waals surface area contributed by atoms with Crippen molar-refractivity contribution in [3.63, 3.8) is 0 Å². The lowest BCUT2D eigenvalue weighted by molar-refractivity contribution is 1.58. The Morgan fingerprint density at radius 2 is 2.00 bits per heavy atom. The van der Waals surface area contributed by atoms with Gasteiger partial charge in [0.05, 0.1) is 0 Å². The molecule has 0 radical (unpaired) electrons. The predicted octanol–water partition coefficient (Wildman–Crippen LogP) is 1.94. The standard InChI is InChI=1S/C8H8ClN3S/c9-7(12-8(10)13)11-6-4-2-1-3-5-6/h1-5H,(H3,10,11,12,13). The fourth-order valence-electron chi connectivity index (χ4n) is 0.765. The Morgan fingerprint density at radius 1 is 1.38 bits per heavy atom. The van der Waals surface area contributed by atoms with E-state index in [1.807, 2.05) is 30.3 Å². The average molecular weight is 214 g/mol. The second kappa shape index (κ2) is 4.79. The highest BCUT2D eigenvalue weighted by Crippen LogP contribution is 2.05. The van der Waals surface area contributed by atoms with Gasteiger partial charge in [-0.3, -0.25) is 0 Å². The van der Waals surface area contributed by atoms with Crippen molar-refractivity contribution in [3.8, 4) is 0 Å². The van der Waals surface area contributed by atoms with Gasteiger partial charge in [0.25, 0.3) is 0 Å². The number of thiocarbonyl (C=S) groups is 1. The molecule has 0 aliphatic heterocycles. The molecule has 0 aromatic heterocycles. The van der Waals surface area contributed by atoms with Crippen molar-refractivity contribution in [1.82, 2.24) is 0 Å². The van der Waals surface area contributed by atoms with Gasteiger partial charge in [-0.25, -0.2) is 0 Å². The van der Waals surface area contributed by atoms with Gasteiger partial charge >= 0.3 is 0 Å². The smallest absolute Gasteiger partial charge is 0.203 e. The van der Waals surface area contributed by atoms with E-state index >= 15 is 0 Å². The van der Waals surface area contributed by atoms with Crippen LogP contribution in [0.5, 0.6) is 0 Å². The summed E-state index contributed by atoms with van der Waals surface area (Å²) < 4.78 is 0. The second-order valence-corrected chi connectivity index (χ2v) is 3.01. The van der Waals surface area contributed by atoms with Gasteiger partial charge in [-0.05, 0) is 36.0 Å². The molecule has 0 saturated carbocycles. The van der Waals surface area contributed by atoms with Crippen molar-refractivity contribution in [2.45, 2.75) is 0 Å². The van der Waals surface area contributed by atoms with Crippen LogP contribution in [-0.2, 0) is 0 Å². The van der Waals surface area contributed by atoms with E-state index in [0.717, 1.165) is 5.69 Å². The number of benzene rings is 1. The molecule has 5 heteroatoms. The van der Waals surface area contributed by atoms with E-state index < -0.39 is 0 Å². The molecule has 3 nitrogen and oxygen atoms in total. The summed E-state index contributed by atoms with van der Waals surface area (Å²) in [5.41, 5.74) is 6.01. The van der Waals surface area contributed by atoms with Crippen LogP contribution in [0.25, 0.3) is 0 Å². The number of hydrogen-bond acceptors (Lipinski definition) is 1. The highest BCUT2D eigenvalue weighted by atomic mass is 35.5. The van der Waals surface area contributed by atoms with Crippen LogP contribution < -0.4 is 11.1 Å². The first kappa shape index (κ1) is 9.95. The zero-order valence-electron chi connectivity index (χ0n) is 6.70. The van der Waals surface area contributed by atoms with E-state index in [4.69, 9.17) is 17.3 Å². The Hall–Kier alpha value is -1.13. The molecule has 0 atom stereocenters. The summed E-state index contributed by atoms with van der Waals surface area (Å²) in [4.78, 5) is 3.65. The number of para-hydroxylation sites is 1. The van der Waals surface area contributed by atoms with E-state index in [2.05, 4.69) is 22.5 Å². The molecule has 1 aromatic carbocycles. The molecular formula is C8H8ClN3S. The Labute approximate surface area is 86.6 Å². The van der Waals surface area contributed by atoms with E-state index in [9.17, 15) is 0 Å². The molecule has 0 fully saturated rings. The van der Waals surface area contributed by atoms with Gasteiger partial charge in [0.1, 0.15) is 0 Å². The van der Waals surface area contributed by atoms with Crippen LogP contribution in [0.1, 0.15) is 0 Å². The van der Waals surface area contributed by atoms with Crippen molar-refractivity contribution in [2.75, 3.05) is 5.32 Å². The summed E-state index contributed by atoms with van der Waals surface area (Å²) in [7, 11) is 0. The van der Waals surface area contributed by atoms with Gasteiger partial charge in [-0.2, -0.15) is 4.99 Å². The number of amidine groups is 1. The summed E-state index contributed by atoms with van der Waals surface area (Å²) >= 11 is 10.2. The minimum absolute atomic E-state index is 0.00781. The molecule has 1 aromatic rings. The third-order valence-corrected chi connectivity index (χ3v) is 1.50. The van der Waals surface area contributed by atoms with Gasteiger partial charge < -0.3 is 11.1 Å². The first-order valence-corrected chi connectivity index (χ1v) is 4.33. The van der Waals surface area contributed by atoms with Gasteiger partial charge in [0, 0.05) is 5.69 Å². The third-order valence-electron chi connectivity index (χ3n) is 1.23. The fraction of sp³-hybridized carbons (Fsp3) is 0. The third kappa shape index (κ3) is 3.87. The largest absolute Gasteiger partial charge is 0.374 e. The van der Waals surface area contributed by atoms with E-state index in [1.54, 1.807) is 0 Å². The Morgan fingerprint density at radius 3 is 2.54 bits per heavy atom. The lowest BCUT2D eigenvalue weighted by Crippen LogP contribution is -2.11. The topological polar surface area (TPSA) is 50.4 Å². The Bertz CT molecular complexity index is 323. The van der Waals surface area contributed by atoms with Crippen molar-refractivity contribution in [1.29, 1.82) is 0 Å². The van der Waals surface area contributed by atoms with Crippen LogP contribution in [0.4, 0.5) is 5.69 Å². The first-order valence-electron chi connectivity index (χ1n) is 3.54. The number of nitrogens with zero attached hydrogens (tertiary/aromatic N) is 1. The minimum atomic E-state index is 0.00781. The quantitative estimate of drug-likeness (QED) is 0.325. The molecule has 0 heterocycles. The molecule has 0 aliphatic carbocycles. The maximum absolute atomic E-state index is 5.68. The maximum Gasteiger partial charge on any atom is 0.203 e. The molecule has 1 rings (SSSR count). The summed E-state index contributed by atoms with van der Waals surface area (Å²) in [6.45, 7) is 0. The van der Waals surface area contributed by atoms with Gasteiger partial charge in [-0.15, -0.1) is 0 Å². The van der Waals surface area contributed by atoms with Crippen LogP contribution in [0.15, 0.2) is 35.3 Å². The number of hydrogen-bond donors (Lipinski definition) is 2. The van der Waals surface area contributed by atoms with Crippen molar-refractivity contribution in [2.24, 2.45) is 10.7 Å². The van der Waals surface area contributed by atoms with Crippen LogP contribution in [0.3, 0.4) is 0 Å². The summed E-state index contributed by atoms with van der Waals surface area (Å²) in [6.07, 6.45) is 0. The zero-order valence-corrected chi connectivity index (χ0v) is 8.27. The monoisotopic (exact) mass is 213 g/mol. The Kier molecular flexibility index (Phi) is 3.67. The molecule has 0 bridgehead atoms. The summed E-state index contributed by atoms with van der Waals surface area (Å²) in [6, 6.07) is 9.39. The molecule has 13 heavy (non-hydrogen) atoms. The van der Waals surface area contributed by atoms with Gasteiger partial charge in [0.15, 0.2) is 5.11 Å². The molecule has 3 N–H and O–H groups in total. The number of nitrogens with two attached hydrogens (primary N) is 1. The van der Waals surface area contributed by atoms with E-state index in [0.29, 0.717) is 0 Å². The summed E-state index contributed by atoms with van der Waals surface area (Å²) in [5, 5.41) is 2.99. The SMILES string of the molecule is NC(=S)N=C(Cl)Nc1ccccc1. The lowest BCUT2D eigenvalue weighted by atomic mass is 10.3. The first-order chi connectivity index (χ1) is 6.18. The highest BCUT2D eigenvalue weighted by Gasteiger charge is 1.94. The van der Waals surface area contributed by atoms with Crippen LogP contribution >= 0.6 is 23.8 Å². The molecule has 0 amide bonds. The number of anilines is 1. The predicted molar refractivity (Wildman–Crippen MR) is 60.1 cm³/mol. The molecule has 0 spiro atoms. The van der Waals surface area contributed by atoms with Crippen molar-refractivity contribution < 1.29 is 0 Å². The highest BCUT2D eigenvalue weighted by molar-refractivity contribution is 7.80. The fourth-order valence-corrected chi connectivity index (χ4v) is 1.11. The number of aliphatic imine (C=N–C) groups is 1. The zero-order chi connectivity index (χ0) is 9.68. The normalized spacial score (nSPS) is 11.0. The van der Waals surface area contributed by atoms with Crippen molar-refractivity contribution in [3.05, 3.63) is 30.3 Å². The maximum atomic E-state index is 5.68. The van der Waals surface area contributed by atoms with Crippen LogP contribution in [0, 0.1) is 0 Å². The average Bonchev–Trinajstić information content (AvgIpc) is 2.04. The molecule has 0 aliphatic rings. The Balaban J connectivity index is 2.65. The van der Waals surface area contributed by atoms with Gasteiger partial charge in [0.2, 0.25) is 5.29 Å².